The molecule has 0 fully saturated rings. The summed E-state index contributed by atoms with van der Waals surface area (Å²) in [6.07, 6.45) is 1.62. The van der Waals surface area contributed by atoms with Crippen molar-refractivity contribution in [2.75, 3.05) is 0 Å². The van der Waals surface area contributed by atoms with Crippen molar-refractivity contribution in [2.45, 2.75) is 6.92 Å². The highest BCUT2D eigenvalue weighted by atomic mass is 127. The van der Waals surface area contributed by atoms with Gasteiger partial charge in [-0.1, -0.05) is 23.2 Å². The second kappa shape index (κ2) is 4.03. The van der Waals surface area contributed by atoms with Crippen molar-refractivity contribution in [2.24, 2.45) is 0 Å². The first kappa shape index (κ1) is 11.4. The van der Waals surface area contributed by atoms with Gasteiger partial charge in [0.15, 0.2) is 0 Å². The highest BCUT2D eigenvalue weighted by molar-refractivity contribution is 14.1. The Bertz CT molecular complexity index is 549. The quantitative estimate of drug-likeness (QED) is 0.629. The van der Waals surface area contributed by atoms with E-state index in [0.717, 1.165) is 3.57 Å². The number of pyridine rings is 1. The van der Waals surface area contributed by atoms with Gasteiger partial charge < -0.3 is 0 Å². The van der Waals surface area contributed by atoms with E-state index < -0.39 is 0 Å². The molecule has 0 unspecified atom stereocenters. The largest absolute Gasteiger partial charge is 0.253 e. The third-order valence-electron chi connectivity index (χ3n) is 2.19. The Morgan fingerprint density at radius 2 is 2.07 bits per heavy atom. The maximum Gasteiger partial charge on any atom is 0.128 e. The molecule has 1 aromatic heterocycles. The van der Waals surface area contributed by atoms with Crippen LogP contribution in [0.5, 0.6) is 0 Å². The number of hydrogen-bond acceptors (Lipinski definition) is 1. The van der Waals surface area contributed by atoms with E-state index >= 15 is 0 Å². The van der Waals surface area contributed by atoms with E-state index in [4.69, 9.17) is 23.2 Å². The first-order valence-corrected chi connectivity index (χ1v) is 5.94. The second-order valence-corrected chi connectivity index (χ2v) is 5.06. The molecule has 0 bridgehead atoms. The van der Waals surface area contributed by atoms with Gasteiger partial charge in [0.25, 0.3) is 0 Å². The molecule has 0 saturated carbocycles. The zero-order valence-corrected chi connectivity index (χ0v) is 11.3. The maximum absolute atomic E-state index is 13.4. The summed E-state index contributed by atoms with van der Waals surface area (Å²) in [4.78, 5) is 4.15. The Labute approximate surface area is 110 Å². The van der Waals surface area contributed by atoms with Gasteiger partial charge in [-0.15, -0.1) is 0 Å². The minimum absolute atomic E-state index is 0.284. The summed E-state index contributed by atoms with van der Waals surface area (Å²) >= 11 is 14.0. The third kappa shape index (κ3) is 1.81. The summed E-state index contributed by atoms with van der Waals surface area (Å²) in [7, 11) is 0. The molecular weight excluding hydrogens is 351 g/mol. The molecule has 0 atom stereocenters. The molecule has 0 radical (unpaired) electrons. The van der Waals surface area contributed by atoms with Crippen LogP contribution in [0.15, 0.2) is 12.3 Å². The van der Waals surface area contributed by atoms with E-state index in [1.165, 1.54) is 6.07 Å². The van der Waals surface area contributed by atoms with Gasteiger partial charge in [-0.25, -0.2) is 4.39 Å². The van der Waals surface area contributed by atoms with Crippen LogP contribution < -0.4 is 0 Å². The fourth-order valence-electron chi connectivity index (χ4n) is 1.40. The van der Waals surface area contributed by atoms with Crippen LogP contribution in [0, 0.1) is 16.3 Å². The lowest BCUT2D eigenvalue weighted by Crippen LogP contribution is -1.91. The smallest absolute Gasteiger partial charge is 0.128 e. The number of hydrogen-bond donors (Lipinski definition) is 0. The van der Waals surface area contributed by atoms with E-state index in [0.29, 0.717) is 21.5 Å². The van der Waals surface area contributed by atoms with Crippen LogP contribution in [0.4, 0.5) is 4.39 Å². The van der Waals surface area contributed by atoms with E-state index in [2.05, 4.69) is 27.6 Å². The number of fused-ring (bicyclic) bond motifs is 1. The zero-order chi connectivity index (χ0) is 11.2. The second-order valence-electron chi connectivity index (χ2n) is 3.11. The molecule has 78 valence electrons. The summed E-state index contributed by atoms with van der Waals surface area (Å²) in [6.45, 7) is 1.66. The molecule has 0 aliphatic heterocycles. The molecule has 1 nitrogen and oxygen atoms in total. The van der Waals surface area contributed by atoms with Gasteiger partial charge in [-0.05, 0) is 41.1 Å². The molecule has 1 aromatic carbocycles. The SMILES string of the molecule is Cc1c(F)cc(Cl)c2ncc(I)c(Cl)c12. The van der Waals surface area contributed by atoms with Crippen molar-refractivity contribution < 1.29 is 4.39 Å². The van der Waals surface area contributed by atoms with Crippen molar-refractivity contribution in [3.05, 3.63) is 37.3 Å². The van der Waals surface area contributed by atoms with Gasteiger partial charge in [0.2, 0.25) is 0 Å². The molecule has 0 saturated heterocycles. The topological polar surface area (TPSA) is 12.9 Å². The van der Waals surface area contributed by atoms with Crippen molar-refractivity contribution in [3.8, 4) is 0 Å². The van der Waals surface area contributed by atoms with Crippen LogP contribution >= 0.6 is 45.8 Å². The zero-order valence-electron chi connectivity index (χ0n) is 7.61. The number of nitrogens with zero attached hydrogens (tertiary/aromatic N) is 1. The van der Waals surface area contributed by atoms with Gasteiger partial charge >= 0.3 is 0 Å². The maximum atomic E-state index is 13.4. The van der Waals surface area contributed by atoms with Crippen molar-refractivity contribution in [3.63, 3.8) is 0 Å². The number of aromatic nitrogens is 1. The average Bonchev–Trinajstić information content (AvgIpc) is 2.19. The van der Waals surface area contributed by atoms with Gasteiger partial charge in [0, 0.05) is 11.6 Å². The van der Waals surface area contributed by atoms with E-state index in [1.807, 2.05) is 0 Å². The molecule has 0 amide bonds. The Kier molecular flexibility index (Phi) is 3.05. The minimum Gasteiger partial charge on any atom is -0.253 e. The van der Waals surface area contributed by atoms with E-state index in [9.17, 15) is 4.39 Å². The Hall–Kier alpha value is -0.130. The van der Waals surface area contributed by atoms with Gasteiger partial charge in [0.05, 0.1) is 19.1 Å². The Morgan fingerprint density at radius 1 is 1.40 bits per heavy atom. The fourth-order valence-corrected chi connectivity index (χ4v) is 2.32. The Balaban J connectivity index is 3.04. The predicted octanol–water partition coefficient (Wildman–Crippen LogP) is 4.59. The molecule has 0 spiro atoms. The van der Waals surface area contributed by atoms with Gasteiger partial charge in [0.1, 0.15) is 5.82 Å². The van der Waals surface area contributed by atoms with Crippen LogP contribution in [-0.2, 0) is 0 Å². The molecule has 2 rings (SSSR count). The molecule has 5 heteroatoms. The van der Waals surface area contributed by atoms with Gasteiger partial charge in [-0.3, -0.25) is 4.98 Å². The summed E-state index contributed by atoms with van der Waals surface area (Å²) in [5.41, 5.74) is 1.02. The number of benzene rings is 1. The summed E-state index contributed by atoms with van der Waals surface area (Å²) in [5.74, 6) is -0.363. The summed E-state index contributed by atoms with van der Waals surface area (Å²) in [6, 6.07) is 1.26. The highest BCUT2D eigenvalue weighted by Gasteiger charge is 2.13. The van der Waals surface area contributed by atoms with Crippen molar-refractivity contribution in [1.29, 1.82) is 0 Å². The van der Waals surface area contributed by atoms with E-state index in [-0.39, 0.29) is 10.8 Å². The number of aryl methyl sites for hydroxylation is 1. The fraction of sp³-hybridized carbons (Fsp3) is 0.100. The third-order valence-corrected chi connectivity index (χ3v) is 4.00. The normalized spacial score (nSPS) is 11.0. The summed E-state index contributed by atoms with van der Waals surface area (Å²) in [5, 5.41) is 1.37. The highest BCUT2D eigenvalue weighted by Crippen LogP contribution is 2.34. The molecular formula is C10H5Cl2FIN. The van der Waals surface area contributed by atoms with E-state index in [1.54, 1.807) is 13.1 Å². The van der Waals surface area contributed by atoms with Crippen LogP contribution in [0.2, 0.25) is 10.0 Å². The monoisotopic (exact) mass is 355 g/mol. The summed E-state index contributed by atoms with van der Waals surface area (Å²) < 4.78 is 14.2. The predicted molar refractivity (Wildman–Crippen MR) is 69.2 cm³/mol. The number of rotatable bonds is 0. The lowest BCUT2D eigenvalue weighted by molar-refractivity contribution is 0.621. The molecule has 0 aliphatic carbocycles. The van der Waals surface area contributed by atoms with Crippen LogP contribution in [0.3, 0.4) is 0 Å². The average molecular weight is 356 g/mol. The molecule has 1 heterocycles. The lowest BCUT2D eigenvalue weighted by Gasteiger charge is -2.07. The first-order chi connectivity index (χ1) is 7.02. The van der Waals surface area contributed by atoms with Crippen molar-refractivity contribution in [1.82, 2.24) is 4.98 Å². The molecule has 0 N–H and O–H groups in total. The lowest BCUT2D eigenvalue weighted by atomic mass is 10.1. The Morgan fingerprint density at radius 3 is 2.73 bits per heavy atom. The molecule has 0 aliphatic rings. The van der Waals surface area contributed by atoms with Crippen molar-refractivity contribution >= 4 is 56.7 Å². The standard InChI is InChI=1S/C10H5Cl2FIN/c1-4-6(13)2-5(11)10-8(4)9(12)7(14)3-15-10/h2-3H,1H3. The van der Waals surface area contributed by atoms with Crippen LogP contribution in [-0.4, -0.2) is 4.98 Å². The van der Waals surface area contributed by atoms with Gasteiger partial charge in [-0.2, -0.15) is 0 Å². The number of halogens is 4. The minimum atomic E-state index is -0.363. The molecule has 15 heavy (non-hydrogen) atoms. The molecule has 2 aromatic rings. The van der Waals surface area contributed by atoms with Crippen LogP contribution in [0.1, 0.15) is 5.56 Å². The van der Waals surface area contributed by atoms with Crippen LogP contribution in [0.25, 0.3) is 10.9 Å². The first-order valence-electron chi connectivity index (χ1n) is 4.10.